The van der Waals surface area contributed by atoms with Crippen molar-refractivity contribution in [2.24, 2.45) is 0 Å². The van der Waals surface area contributed by atoms with Crippen LogP contribution >= 0.6 is 15.9 Å². The van der Waals surface area contributed by atoms with Crippen LogP contribution in [0.4, 0.5) is 10.2 Å². The molecule has 4 rings (SSSR count). The van der Waals surface area contributed by atoms with Crippen LogP contribution in [0.3, 0.4) is 0 Å². The maximum Gasteiger partial charge on any atom is 0.258 e. The number of benzene rings is 2. The molecule has 2 heterocycles. The van der Waals surface area contributed by atoms with Gasteiger partial charge >= 0.3 is 0 Å². The van der Waals surface area contributed by atoms with Crippen molar-refractivity contribution in [2.75, 3.05) is 5.73 Å². The first kappa shape index (κ1) is 21.9. The van der Waals surface area contributed by atoms with Crippen molar-refractivity contribution in [1.29, 1.82) is 0 Å². The van der Waals surface area contributed by atoms with Gasteiger partial charge < -0.3 is 10.3 Å². The number of carbonyl (C=O) groups is 1. The van der Waals surface area contributed by atoms with Gasteiger partial charge in [0.15, 0.2) is 0 Å². The number of ketones is 1. The summed E-state index contributed by atoms with van der Waals surface area (Å²) in [5.41, 5.74) is 8.32. The summed E-state index contributed by atoms with van der Waals surface area (Å²) in [4.78, 5) is 30.0. The molecule has 0 radical (unpaired) electrons. The molecule has 0 aliphatic rings. The third-order valence-corrected chi connectivity index (χ3v) is 6.03. The van der Waals surface area contributed by atoms with Gasteiger partial charge in [-0.1, -0.05) is 46.3 Å². The quantitative estimate of drug-likeness (QED) is 0.413. The third-order valence-electron chi connectivity index (χ3n) is 5.37. The number of nitrogen functional groups attached to an aromatic ring is 1. The maximum absolute atomic E-state index is 14.7. The van der Waals surface area contributed by atoms with E-state index in [2.05, 4.69) is 20.9 Å². The number of nitrogens with two attached hydrogens (primary N) is 1. The summed E-state index contributed by atoms with van der Waals surface area (Å²) in [5.74, 6) is -0.269. The summed E-state index contributed by atoms with van der Waals surface area (Å²) in [6, 6.07) is 15.6. The van der Waals surface area contributed by atoms with E-state index < -0.39 is 5.82 Å². The number of pyridine rings is 2. The lowest BCUT2D eigenvalue weighted by molar-refractivity contribution is -0.117. The van der Waals surface area contributed by atoms with E-state index in [1.165, 1.54) is 6.07 Å². The first-order chi connectivity index (χ1) is 15.4. The van der Waals surface area contributed by atoms with Gasteiger partial charge in [0.2, 0.25) is 0 Å². The van der Waals surface area contributed by atoms with E-state index in [-0.39, 0.29) is 29.7 Å². The number of Topliss-reactive ketones (excluding diaryl/α,β-unsaturated/α-hetero) is 1. The van der Waals surface area contributed by atoms with Crippen LogP contribution in [0.25, 0.3) is 22.0 Å². The average Bonchev–Trinajstić information content (AvgIpc) is 2.76. The van der Waals surface area contributed by atoms with Crippen LogP contribution in [0.15, 0.2) is 70.1 Å². The van der Waals surface area contributed by atoms with Gasteiger partial charge in [-0.2, -0.15) is 0 Å². The SMILES string of the molecule is CCn1c(=O)c(-c2cc(CC(=O)Cc3ccccc3)c(F)cc2Br)cc2cnc(N)cc21. The summed E-state index contributed by atoms with van der Waals surface area (Å²) in [5, 5.41) is 0.744. The molecule has 0 aliphatic carbocycles. The minimum absolute atomic E-state index is 0.0609. The largest absolute Gasteiger partial charge is 0.384 e. The molecular formula is C25H21BrFN3O2. The van der Waals surface area contributed by atoms with Gasteiger partial charge in [0, 0.05) is 52.6 Å². The standard InChI is InChI=1S/C25H21BrFN3O2/c1-2-30-23-13-24(28)29-14-17(23)11-20(25(30)32)19-10-16(22(27)12-21(19)26)9-18(31)8-15-6-4-3-5-7-15/h3-7,10-14H,2,8-9H2,1H3,(H2,28,29). The Morgan fingerprint density at radius 3 is 2.56 bits per heavy atom. The molecule has 32 heavy (non-hydrogen) atoms. The highest BCUT2D eigenvalue weighted by Gasteiger charge is 2.18. The number of aryl methyl sites for hydroxylation is 1. The smallest absolute Gasteiger partial charge is 0.258 e. The zero-order valence-electron chi connectivity index (χ0n) is 17.4. The van der Waals surface area contributed by atoms with Gasteiger partial charge in [-0.05, 0) is 36.2 Å². The fourth-order valence-corrected chi connectivity index (χ4v) is 4.36. The normalized spacial score (nSPS) is 11.1. The van der Waals surface area contributed by atoms with E-state index in [1.54, 1.807) is 29.0 Å². The fraction of sp³-hybridized carbons (Fsp3) is 0.160. The van der Waals surface area contributed by atoms with E-state index >= 15 is 0 Å². The Kier molecular flexibility index (Phi) is 6.19. The Labute approximate surface area is 192 Å². The van der Waals surface area contributed by atoms with Gasteiger partial charge in [0.05, 0.1) is 5.52 Å². The maximum atomic E-state index is 14.7. The van der Waals surface area contributed by atoms with Gasteiger partial charge in [0.1, 0.15) is 17.4 Å². The lowest BCUT2D eigenvalue weighted by Gasteiger charge is -2.14. The topological polar surface area (TPSA) is 78.0 Å². The van der Waals surface area contributed by atoms with Crippen LogP contribution < -0.4 is 11.3 Å². The number of aromatic nitrogens is 2. The lowest BCUT2D eigenvalue weighted by Crippen LogP contribution is -2.22. The molecule has 2 aromatic heterocycles. The second kappa shape index (κ2) is 9.04. The zero-order valence-corrected chi connectivity index (χ0v) is 19.0. The number of halogens is 2. The molecule has 0 saturated heterocycles. The number of nitrogens with zero attached hydrogens (tertiary/aromatic N) is 2. The van der Waals surface area contributed by atoms with Crippen molar-refractivity contribution in [3.63, 3.8) is 0 Å². The van der Waals surface area contributed by atoms with Crippen molar-refractivity contribution < 1.29 is 9.18 Å². The molecule has 0 atom stereocenters. The molecule has 162 valence electrons. The van der Waals surface area contributed by atoms with Crippen molar-refractivity contribution in [3.05, 3.63) is 92.6 Å². The van der Waals surface area contributed by atoms with Crippen LogP contribution in [0, 0.1) is 5.82 Å². The van der Waals surface area contributed by atoms with E-state index in [0.717, 1.165) is 10.9 Å². The van der Waals surface area contributed by atoms with Gasteiger partial charge in [-0.25, -0.2) is 9.37 Å². The molecule has 0 saturated carbocycles. The monoisotopic (exact) mass is 493 g/mol. The summed E-state index contributed by atoms with van der Waals surface area (Å²) >= 11 is 3.39. The number of hydrogen-bond acceptors (Lipinski definition) is 4. The van der Waals surface area contributed by atoms with Crippen LogP contribution in [-0.4, -0.2) is 15.3 Å². The molecule has 0 aliphatic heterocycles. The van der Waals surface area contributed by atoms with Crippen LogP contribution in [0.2, 0.25) is 0 Å². The Bertz CT molecular complexity index is 1380. The highest BCUT2D eigenvalue weighted by atomic mass is 79.9. The van der Waals surface area contributed by atoms with Crippen molar-refractivity contribution in [1.82, 2.24) is 9.55 Å². The number of carbonyl (C=O) groups excluding carboxylic acids is 1. The van der Waals surface area contributed by atoms with Crippen molar-refractivity contribution >= 4 is 38.4 Å². The third kappa shape index (κ3) is 4.34. The minimum Gasteiger partial charge on any atom is -0.384 e. The van der Waals surface area contributed by atoms with Crippen LogP contribution in [0.1, 0.15) is 18.1 Å². The van der Waals surface area contributed by atoms with Gasteiger partial charge in [-0.3, -0.25) is 9.59 Å². The number of anilines is 1. The summed E-state index contributed by atoms with van der Waals surface area (Å²) in [7, 11) is 0. The summed E-state index contributed by atoms with van der Waals surface area (Å²) in [6.45, 7) is 2.31. The average molecular weight is 494 g/mol. The Balaban J connectivity index is 1.77. The van der Waals surface area contributed by atoms with E-state index in [1.807, 2.05) is 37.3 Å². The van der Waals surface area contributed by atoms with Crippen molar-refractivity contribution in [2.45, 2.75) is 26.3 Å². The number of rotatable bonds is 6. The van der Waals surface area contributed by atoms with Crippen molar-refractivity contribution in [3.8, 4) is 11.1 Å². The molecule has 0 fully saturated rings. The Morgan fingerprint density at radius 1 is 1.09 bits per heavy atom. The van der Waals surface area contributed by atoms with E-state index in [0.29, 0.717) is 33.5 Å². The van der Waals surface area contributed by atoms with Crippen LogP contribution in [0.5, 0.6) is 0 Å². The first-order valence-electron chi connectivity index (χ1n) is 10.2. The van der Waals surface area contributed by atoms with Gasteiger partial charge in [-0.15, -0.1) is 0 Å². The highest BCUT2D eigenvalue weighted by molar-refractivity contribution is 9.10. The van der Waals surface area contributed by atoms with E-state index in [4.69, 9.17) is 5.73 Å². The molecule has 7 heteroatoms. The molecule has 0 spiro atoms. The fourth-order valence-electron chi connectivity index (χ4n) is 3.83. The zero-order chi connectivity index (χ0) is 22.8. The molecular weight excluding hydrogens is 473 g/mol. The first-order valence-corrected chi connectivity index (χ1v) is 11.0. The molecule has 2 aromatic carbocycles. The molecule has 0 unspecified atom stereocenters. The second-order valence-electron chi connectivity index (χ2n) is 7.58. The Morgan fingerprint density at radius 2 is 1.84 bits per heavy atom. The summed E-state index contributed by atoms with van der Waals surface area (Å²) in [6.07, 6.45) is 1.77. The lowest BCUT2D eigenvalue weighted by atomic mass is 9.98. The predicted molar refractivity (Wildman–Crippen MR) is 128 cm³/mol. The highest BCUT2D eigenvalue weighted by Crippen LogP contribution is 2.31. The molecule has 5 nitrogen and oxygen atoms in total. The molecule has 4 aromatic rings. The molecule has 0 bridgehead atoms. The summed E-state index contributed by atoms with van der Waals surface area (Å²) < 4.78 is 16.8. The molecule has 0 amide bonds. The minimum atomic E-state index is -0.493. The van der Waals surface area contributed by atoms with E-state index in [9.17, 15) is 14.0 Å². The van der Waals surface area contributed by atoms with Crippen LogP contribution in [-0.2, 0) is 24.2 Å². The number of hydrogen-bond donors (Lipinski definition) is 1. The second-order valence-corrected chi connectivity index (χ2v) is 8.43. The number of fused-ring (bicyclic) bond motifs is 1. The Hall–Kier alpha value is -3.32. The molecule has 2 N–H and O–H groups in total. The predicted octanol–water partition coefficient (Wildman–Crippen LogP) is 4.92. The van der Waals surface area contributed by atoms with Gasteiger partial charge in [0.25, 0.3) is 5.56 Å².